The van der Waals surface area contributed by atoms with Crippen LogP contribution >= 0.6 is 0 Å². The molecule has 4 heteroatoms. The SMILES string of the molecule is [Cl-].[Cl-].[Cl-].[Ti+4].c1ccc2c3c([cH-]c2c1)CCCC3. The van der Waals surface area contributed by atoms with Gasteiger partial charge in [0.2, 0.25) is 0 Å². The number of aryl methyl sites for hydroxylation is 2. The molecule has 0 aromatic heterocycles. The van der Waals surface area contributed by atoms with E-state index in [1.54, 1.807) is 11.1 Å². The van der Waals surface area contributed by atoms with Crippen molar-refractivity contribution in [1.29, 1.82) is 0 Å². The van der Waals surface area contributed by atoms with Gasteiger partial charge in [0.05, 0.1) is 0 Å². The molecule has 2 aromatic carbocycles. The van der Waals surface area contributed by atoms with Crippen molar-refractivity contribution < 1.29 is 58.9 Å². The summed E-state index contributed by atoms with van der Waals surface area (Å²) in [6.07, 6.45) is 5.34. The van der Waals surface area contributed by atoms with Gasteiger partial charge in [0.15, 0.2) is 0 Å². The molecular formula is C13H13Cl3Ti. The average Bonchev–Trinajstić information content (AvgIpc) is 2.56. The van der Waals surface area contributed by atoms with Crippen LogP contribution in [0, 0.1) is 0 Å². The summed E-state index contributed by atoms with van der Waals surface area (Å²) in [5, 5.41) is 2.94. The van der Waals surface area contributed by atoms with Crippen molar-refractivity contribution in [3.05, 3.63) is 41.5 Å². The number of halogens is 3. The number of hydrogen-bond donors (Lipinski definition) is 0. The van der Waals surface area contributed by atoms with Gasteiger partial charge in [0.1, 0.15) is 0 Å². The molecule has 0 aliphatic heterocycles. The second kappa shape index (κ2) is 8.50. The largest absolute Gasteiger partial charge is 4.00 e. The summed E-state index contributed by atoms with van der Waals surface area (Å²) in [5.41, 5.74) is 3.23. The second-order valence-corrected chi connectivity index (χ2v) is 3.94. The van der Waals surface area contributed by atoms with E-state index in [9.17, 15) is 0 Å². The van der Waals surface area contributed by atoms with E-state index in [1.165, 1.54) is 36.5 Å². The maximum Gasteiger partial charge on any atom is 4.00 e. The summed E-state index contributed by atoms with van der Waals surface area (Å²) in [5.74, 6) is 0. The van der Waals surface area contributed by atoms with Crippen LogP contribution in [-0.2, 0) is 34.6 Å². The van der Waals surface area contributed by atoms with Crippen molar-refractivity contribution in [1.82, 2.24) is 0 Å². The Labute approximate surface area is 136 Å². The number of rotatable bonds is 0. The molecule has 2 aromatic rings. The van der Waals surface area contributed by atoms with Crippen LogP contribution in [0.5, 0.6) is 0 Å². The molecule has 1 aliphatic carbocycles. The van der Waals surface area contributed by atoms with Crippen LogP contribution in [0.1, 0.15) is 24.0 Å². The monoisotopic (exact) mass is 322 g/mol. The quantitative estimate of drug-likeness (QED) is 0.335. The third-order valence-electron chi connectivity index (χ3n) is 3.13. The summed E-state index contributed by atoms with van der Waals surface area (Å²) in [6, 6.07) is 11.2. The minimum Gasteiger partial charge on any atom is -1.00 e. The summed E-state index contributed by atoms with van der Waals surface area (Å²) in [7, 11) is 0. The zero-order valence-electron chi connectivity index (χ0n) is 9.35. The van der Waals surface area contributed by atoms with Gasteiger partial charge in [-0.1, -0.05) is 25.3 Å². The van der Waals surface area contributed by atoms with Gasteiger partial charge in [-0.05, 0) is 6.42 Å². The Morgan fingerprint density at radius 3 is 2.29 bits per heavy atom. The maximum atomic E-state index is 2.38. The van der Waals surface area contributed by atoms with Crippen LogP contribution in [0.4, 0.5) is 0 Å². The molecule has 0 bridgehead atoms. The Kier molecular flexibility index (Phi) is 9.88. The second-order valence-electron chi connectivity index (χ2n) is 3.94. The predicted octanol–water partition coefficient (Wildman–Crippen LogP) is -5.55. The van der Waals surface area contributed by atoms with Crippen molar-refractivity contribution >= 4 is 10.8 Å². The zero-order chi connectivity index (χ0) is 8.67. The molecule has 0 saturated carbocycles. The first-order valence-corrected chi connectivity index (χ1v) is 5.11. The Hall–Kier alpha value is 0.414. The third kappa shape index (κ3) is 3.69. The van der Waals surface area contributed by atoms with E-state index in [4.69, 9.17) is 0 Å². The molecule has 0 heterocycles. The van der Waals surface area contributed by atoms with Crippen molar-refractivity contribution in [2.45, 2.75) is 25.7 Å². The fraction of sp³-hybridized carbons (Fsp3) is 0.308. The molecular weight excluding hydrogens is 310 g/mol. The third-order valence-corrected chi connectivity index (χ3v) is 3.13. The van der Waals surface area contributed by atoms with Crippen LogP contribution in [-0.4, -0.2) is 0 Å². The van der Waals surface area contributed by atoms with E-state index >= 15 is 0 Å². The Bertz CT molecular complexity index is 451. The van der Waals surface area contributed by atoms with Gasteiger partial charge in [-0.15, -0.1) is 40.6 Å². The van der Waals surface area contributed by atoms with Gasteiger partial charge in [-0.3, -0.25) is 0 Å². The van der Waals surface area contributed by atoms with E-state index < -0.39 is 0 Å². The predicted molar refractivity (Wildman–Crippen MR) is 56.2 cm³/mol. The molecule has 90 valence electrons. The first-order chi connectivity index (χ1) is 6.45. The van der Waals surface area contributed by atoms with Crippen LogP contribution in [0.2, 0.25) is 0 Å². The standard InChI is InChI=1S/C13H13.3ClH.Ti/c1-3-7-12-10(5-1)9-11-6-2-4-8-13(11)12;;;;/h1,3,5,7,9H,2,4,6,8H2;3*1H;/q-1;;;;+4/p-3. The molecule has 17 heavy (non-hydrogen) atoms. The van der Waals surface area contributed by atoms with Crippen LogP contribution in [0.3, 0.4) is 0 Å². The Morgan fingerprint density at radius 1 is 0.882 bits per heavy atom. The average molecular weight is 323 g/mol. The van der Waals surface area contributed by atoms with Gasteiger partial charge < -0.3 is 37.2 Å². The van der Waals surface area contributed by atoms with Gasteiger partial charge in [0.25, 0.3) is 0 Å². The fourth-order valence-corrected chi connectivity index (χ4v) is 2.48. The summed E-state index contributed by atoms with van der Waals surface area (Å²) in [6.45, 7) is 0. The topological polar surface area (TPSA) is 0 Å². The molecule has 1 aliphatic rings. The number of benzene rings is 1. The van der Waals surface area contributed by atoms with E-state index in [-0.39, 0.29) is 58.9 Å². The number of hydrogen-bond acceptors (Lipinski definition) is 0. The molecule has 0 N–H and O–H groups in total. The summed E-state index contributed by atoms with van der Waals surface area (Å²) < 4.78 is 0. The molecule has 0 fully saturated rings. The fourth-order valence-electron chi connectivity index (χ4n) is 2.48. The first kappa shape index (κ1) is 19.7. The molecule has 0 unspecified atom stereocenters. The van der Waals surface area contributed by atoms with Crippen molar-refractivity contribution in [2.75, 3.05) is 0 Å². The van der Waals surface area contributed by atoms with Crippen LogP contribution in [0.25, 0.3) is 10.8 Å². The smallest absolute Gasteiger partial charge is 1.00 e. The van der Waals surface area contributed by atoms with Crippen LogP contribution < -0.4 is 37.2 Å². The van der Waals surface area contributed by atoms with Crippen molar-refractivity contribution in [3.63, 3.8) is 0 Å². The van der Waals surface area contributed by atoms with Gasteiger partial charge in [-0.2, -0.15) is 5.56 Å². The molecule has 0 atom stereocenters. The molecule has 3 rings (SSSR count). The molecule has 0 saturated heterocycles. The normalized spacial score (nSPS) is 12.2. The van der Waals surface area contributed by atoms with Gasteiger partial charge >= 0.3 is 21.7 Å². The van der Waals surface area contributed by atoms with E-state index in [0.29, 0.717) is 0 Å². The minimum absolute atomic E-state index is 0. The first-order valence-electron chi connectivity index (χ1n) is 5.11. The molecule has 0 radical (unpaired) electrons. The van der Waals surface area contributed by atoms with E-state index in [0.717, 1.165) is 0 Å². The zero-order valence-corrected chi connectivity index (χ0v) is 13.2. The number of fused-ring (bicyclic) bond motifs is 3. The summed E-state index contributed by atoms with van der Waals surface area (Å²) in [4.78, 5) is 0. The molecule has 0 spiro atoms. The van der Waals surface area contributed by atoms with Gasteiger partial charge in [-0.25, -0.2) is 0 Å². The van der Waals surface area contributed by atoms with Gasteiger partial charge in [0, 0.05) is 0 Å². The van der Waals surface area contributed by atoms with Crippen LogP contribution in [0.15, 0.2) is 30.3 Å². The van der Waals surface area contributed by atoms with Crippen molar-refractivity contribution in [2.24, 2.45) is 0 Å². The Balaban J connectivity index is 0. The van der Waals surface area contributed by atoms with Crippen molar-refractivity contribution in [3.8, 4) is 0 Å². The van der Waals surface area contributed by atoms with E-state index in [2.05, 4.69) is 30.3 Å². The molecule has 0 amide bonds. The summed E-state index contributed by atoms with van der Waals surface area (Å²) >= 11 is 0. The van der Waals surface area contributed by atoms with E-state index in [1.807, 2.05) is 0 Å². The Morgan fingerprint density at radius 2 is 1.53 bits per heavy atom. The molecule has 0 nitrogen and oxygen atoms in total. The maximum absolute atomic E-state index is 2.38. The minimum atomic E-state index is 0.